The van der Waals surface area contributed by atoms with Crippen LogP contribution in [0.1, 0.15) is 0 Å². The second-order valence-electron chi connectivity index (χ2n) is 3.37. The smallest absolute Gasteiger partial charge is 0.255 e. The number of anilines is 2. The van der Waals surface area contributed by atoms with Crippen LogP contribution in [-0.2, 0) is 0 Å². The van der Waals surface area contributed by atoms with Gasteiger partial charge >= 0.3 is 0 Å². The quantitative estimate of drug-likeness (QED) is 0.786. The Bertz CT molecular complexity index is 500. The van der Waals surface area contributed by atoms with Gasteiger partial charge in [-0.2, -0.15) is 0 Å². The third-order valence-corrected chi connectivity index (χ3v) is 2.25. The molecule has 0 amide bonds. The first-order valence-electron chi connectivity index (χ1n) is 4.83. The Balaban J connectivity index is 2.42. The van der Waals surface area contributed by atoms with Crippen LogP contribution in [0.25, 0.3) is 10.9 Å². The van der Waals surface area contributed by atoms with Crippen molar-refractivity contribution >= 4 is 22.3 Å². The van der Waals surface area contributed by atoms with Gasteiger partial charge in [0.2, 0.25) is 0 Å². The van der Waals surface area contributed by atoms with Gasteiger partial charge in [0, 0.05) is 17.3 Å². The highest BCUT2D eigenvalue weighted by atomic mass is 19.3. The van der Waals surface area contributed by atoms with Crippen molar-refractivity contribution in [2.45, 2.75) is 6.43 Å². The summed E-state index contributed by atoms with van der Waals surface area (Å²) in [6.07, 6.45) is -0.764. The Morgan fingerprint density at radius 3 is 2.88 bits per heavy atom. The molecule has 0 aliphatic carbocycles. The molecule has 3 N–H and O–H groups in total. The van der Waals surface area contributed by atoms with Crippen LogP contribution in [0, 0.1) is 0 Å². The Hall–Kier alpha value is -1.91. The van der Waals surface area contributed by atoms with Crippen LogP contribution in [0.15, 0.2) is 30.5 Å². The van der Waals surface area contributed by atoms with E-state index in [0.29, 0.717) is 16.9 Å². The fraction of sp³-hybridized carbons (Fsp3) is 0.182. The first kappa shape index (κ1) is 10.6. The lowest BCUT2D eigenvalue weighted by Gasteiger charge is -2.10. The van der Waals surface area contributed by atoms with Crippen molar-refractivity contribution in [3.63, 3.8) is 0 Å². The van der Waals surface area contributed by atoms with Gasteiger partial charge in [0.1, 0.15) is 0 Å². The highest BCUT2D eigenvalue weighted by molar-refractivity contribution is 5.98. The van der Waals surface area contributed by atoms with E-state index in [4.69, 9.17) is 5.73 Å². The molecular formula is C11H11F2N3. The van der Waals surface area contributed by atoms with Gasteiger partial charge in [0.05, 0.1) is 17.7 Å². The summed E-state index contributed by atoms with van der Waals surface area (Å²) < 4.78 is 24.2. The van der Waals surface area contributed by atoms with Crippen molar-refractivity contribution in [1.82, 2.24) is 4.98 Å². The standard InChI is InChI=1S/C11H11F2N3/c12-10(13)6-16-9-4-3-8(14)11-7(9)2-1-5-15-11/h1-5,10,16H,6,14H2. The molecule has 0 saturated carbocycles. The van der Waals surface area contributed by atoms with Crippen molar-refractivity contribution in [2.24, 2.45) is 0 Å². The van der Waals surface area contributed by atoms with Crippen molar-refractivity contribution < 1.29 is 8.78 Å². The van der Waals surface area contributed by atoms with E-state index in [2.05, 4.69) is 10.3 Å². The number of nitrogens with one attached hydrogen (secondary N) is 1. The van der Waals surface area contributed by atoms with Crippen LogP contribution in [0.3, 0.4) is 0 Å². The van der Waals surface area contributed by atoms with Gasteiger partial charge in [-0.3, -0.25) is 4.98 Å². The molecule has 16 heavy (non-hydrogen) atoms. The molecular weight excluding hydrogens is 212 g/mol. The number of alkyl halides is 2. The highest BCUT2D eigenvalue weighted by Crippen LogP contribution is 2.26. The van der Waals surface area contributed by atoms with Crippen LogP contribution >= 0.6 is 0 Å². The zero-order valence-corrected chi connectivity index (χ0v) is 8.45. The van der Waals surface area contributed by atoms with Crippen LogP contribution in [0.5, 0.6) is 0 Å². The lowest BCUT2D eigenvalue weighted by molar-refractivity contribution is 0.163. The number of benzene rings is 1. The normalized spacial score (nSPS) is 10.9. The number of hydrogen-bond donors (Lipinski definition) is 2. The van der Waals surface area contributed by atoms with Crippen LogP contribution in [-0.4, -0.2) is 18.0 Å². The molecule has 0 aliphatic heterocycles. The van der Waals surface area contributed by atoms with E-state index in [0.717, 1.165) is 5.39 Å². The summed E-state index contributed by atoms with van der Waals surface area (Å²) >= 11 is 0. The third kappa shape index (κ3) is 2.03. The maximum atomic E-state index is 12.1. The largest absolute Gasteiger partial charge is 0.397 e. The van der Waals surface area contributed by atoms with E-state index >= 15 is 0 Å². The molecule has 5 heteroatoms. The minimum Gasteiger partial charge on any atom is -0.397 e. The van der Waals surface area contributed by atoms with Crippen LogP contribution in [0.4, 0.5) is 20.2 Å². The van der Waals surface area contributed by atoms with Gasteiger partial charge in [0.25, 0.3) is 6.43 Å². The molecule has 1 aromatic heterocycles. The number of fused-ring (bicyclic) bond motifs is 1. The summed E-state index contributed by atoms with van der Waals surface area (Å²) in [6.45, 7) is -0.381. The molecule has 0 radical (unpaired) electrons. The number of pyridine rings is 1. The lowest BCUT2D eigenvalue weighted by atomic mass is 10.1. The number of aromatic nitrogens is 1. The Morgan fingerprint density at radius 2 is 2.12 bits per heavy atom. The summed E-state index contributed by atoms with van der Waals surface area (Å²) in [5.41, 5.74) is 7.53. The fourth-order valence-electron chi connectivity index (χ4n) is 1.54. The summed E-state index contributed by atoms with van der Waals surface area (Å²) in [4.78, 5) is 4.12. The monoisotopic (exact) mass is 223 g/mol. The maximum absolute atomic E-state index is 12.1. The second kappa shape index (κ2) is 4.30. The molecule has 0 atom stereocenters. The lowest BCUT2D eigenvalue weighted by Crippen LogP contribution is -2.10. The van der Waals surface area contributed by atoms with Crippen molar-refractivity contribution in [3.8, 4) is 0 Å². The van der Waals surface area contributed by atoms with Crippen molar-refractivity contribution in [2.75, 3.05) is 17.6 Å². The van der Waals surface area contributed by atoms with Crippen LogP contribution < -0.4 is 11.1 Å². The molecule has 0 unspecified atom stereocenters. The minimum atomic E-state index is -2.38. The molecule has 2 rings (SSSR count). The van der Waals surface area contributed by atoms with Gasteiger partial charge in [-0.15, -0.1) is 0 Å². The van der Waals surface area contributed by atoms with E-state index in [1.807, 2.05) is 0 Å². The first-order chi connectivity index (χ1) is 7.68. The Morgan fingerprint density at radius 1 is 1.31 bits per heavy atom. The molecule has 3 nitrogen and oxygen atoms in total. The molecule has 0 fully saturated rings. The fourth-order valence-corrected chi connectivity index (χ4v) is 1.54. The number of nitrogen functional groups attached to an aromatic ring is 1. The predicted molar refractivity (Wildman–Crippen MR) is 60.6 cm³/mol. The van der Waals surface area contributed by atoms with E-state index in [1.165, 1.54) is 0 Å². The zero-order chi connectivity index (χ0) is 11.5. The van der Waals surface area contributed by atoms with Crippen LogP contribution in [0.2, 0.25) is 0 Å². The molecule has 2 aromatic rings. The average molecular weight is 223 g/mol. The van der Waals surface area contributed by atoms with Crippen molar-refractivity contribution in [1.29, 1.82) is 0 Å². The summed E-state index contributed by atoms with van der Waals surface area (Å²) in [7, 11) is 0. The van der Waals surface area contributed by atoms with Gasteiger partial charge in [-0.1, -0.05) is 0 Å². The molecule has 1 aromatic carbocycles. The van der Waals surface area contributed by atoms with Gasteiger partial charge < -0.3 is 11.1 Å². The Kier molecular flexibility index (Phi) is 2.85. The highest BCUT2D eigenvalue weighted by Gasteiger charge is 2.06. The minimum absolute atomic E-state index is 0.381. The molecule has 0 saturated heterocycles. The zero-order valence-electron chi connectivity index (χ0n) is 8.45. The topological polar surface area (TPSA) is 50.9 Å². The number of halogens is 2. The molecule has 0 spiro atoms. The summed E-state index contributed by atoms with van der Waals surface area (Å²) in [5, 5.41) is 3.42. The molecule has 84 valence electrons. The number of nitrogens with two attached hydrogens (primary N) is 1. The third-order valence-electron chi connectivity index (χ3n) is 2.25. The first-order valence-corrected chi connectivity index (χ1v) is 4.83. The number of nitrogens with zero attached hydrogens (tertiary/aromatic N) is 1. The number of rotatable bonds is 3. The van der Waals surface area contributed by atoms with Gasteiger partial charge in [-0.25, -0.2) is 8.78 Å². The van der Waals surface area contributed by atoms with E-state index in [1.54, 1.807) is 30.5 Å². The molecule has 1 heterocycles. The SMILES string of the molecule is Nc1ccc(NCC(F)F)c2cccnc12. The van der Waals surface area contributed by atoms with E-state index < -0.39 is 6.43 Å². The average Bonchev–Trinajstić information content (AvgIpc) is 2.28. The molecule has 0 bridgehead atoms. The van der Waals surface area contributed by atoms with Gasteiger partial charge in [0.15, 0.2) is 0 Å². The summed E-state index contributed by atoms with van der Waals surface area (Å²) in [6, 6.07) is 6.88. The van der Waals surface area contributed by atoms with E-state index in [-0.39, 0.29) is 6.54 Å². The number of hydrogen-bond acceptors (Lipinski definition) is 3. The van der Waals surface area contributed by atoms with Gasteiger partial charge in [-0.05, 0) is 24.3 Å². The molecule has 0 aliphatic rings. The predicted octanol–water partition coefficient (Wildman–Crippen LogP) is 2.49. The maximum Gasteiger partial charge on any atom is 0.255 e. The van der Waals surface area contributed by atoms with Crippen molar-refractivity contribution in [3.05, 3.63) is 30.5 Å². The second-order valence-corrected chi connectivity index (χ2v) is 3.37. The summed E-state index contributed by atoms with van der Waals surface area (Å²) in [5.74, 6) is 0. The van der Waals surface area contributed by atoms with E-state index in [9.17, 15) is 8.78 Å². The Labute approximate surface area is 91.3 Å².